The summed E-state index contributed by atoms with van der Waals surface area (Å²) in [5.74, 6) is 0.585. The Balaban J connectivity index is 1.23. The molecule has 1 fully saturated rings. The Kier molecular flexibility index (Phi) is 7.99. The number of hydrogen-bond donors (Lipinski definition) is 1. The summed E-state index contributed by atoms with van der Waals surface area (Å²) in [6.45, 7) is 5.79. The minimum Gasteiger partial charge on any atom is -0.494 e. The number of hydrogen-bond acceptors (Lipinski definition) is 7. The number of anilines is 2. The van der Waals surface area contributed by atoms with Gasteiger partial charge in [0.1, 0.15) is 23.6 Å². The van der Waals surface area contributed by atoms with Crippen molar-refractivity contribution < 1.29 is 23.1 Å². The lowest BCUT2D eigenvalue weighted by molar-refractivity contribution is -0.118. The first-order chi connectivity index (χ1) is 17.0. The number of benzene rings is 2. The molecular weight excluding hydrogens is 453 g/mol. The molecule has 1 N–H and O–H groups in total. The highest BCUT2D eigenvalue weighted by molar-refractivity contribution is 5.91. The number of carbonyl (C=O) groups excluding carboxylic acids is 1. The molecule has 0 radical (unpaired) electrons. The summed E-state index contributed by atoms with van der Waals surface area (Å²) in [4.78, 5) is 29.0. The molecule has 35 heavy (non-hydrogen) atoms. The summed E-state index contributed by atoms with van der Waals surface area (Å²) in [5.41, 5.74) is 1.25. The van der Waals surface area contributed by atoms with Gasteiger partial charge >= 0.3 is 0 Å². The number of nitrogens with zero attached hydrogens (tertiary/aromatic N) is 2. The molecule has 0 bridgehead atoms. The third-order valence-corrected chi connectivity index (χ3v) is 5.60. The minimum atomic E-state index is -0.392. The zero-order valence-corrected chi connectivity index (χ0v) is 19.5. The van der Waals surface area contributed by atoms with Crippen LogP contribution in [-0.4, -0.2) is 50.2 Å². The van der Waals surface area contributed by atoms with E-state index in [1.807, 2.05) is 6.92 Å². The molecule has 3 aromatic rings. The lowest BCUT2D eigenvalue weighted by Crippen LogP contribution is -2.46. The molecule has 1 saturated heterocycles. The van der Waals surface area contributed by atoms with E-state index in [2.05, 4.69) is 15.1 Å². The number of rotatable bonds is 9. The number of carbonyl (C=O) groups is 1. The van der Waals surface area contributed by atoms with E-state index >= 15 is 0 Å². The van der Waals surface area contributed by atoms with Crippen LogP contribution >= 0.6 is 0 Å². The highest BCUT2D eigenvalue weighted by atomic mass is 19.1. The minimum absolute atomic E-state index is 0.0169. The van der Waals surface area contributed by atoms with Crippen molar-refractivity contribution in [2.75, 3.05) is 49.6 Å². The quantitative estimate of drug-likeness (QED) is 0.501. The number of piperazine rings is 1. The Morgan fingerprint density at radius 2 is 1.74 bits per heavy atom. The summed E-state index contributed by atoms with van der Waals surface area (Å²) in [5, 5.41) is 2.70. The third kappa shape index (κ3) is 6.83. The van der Waals surface area contributed by atoms with Gasteiger partial charge in [0, 0.05) is 43.6 Å². The maximum Gasteiger partial charge on any atom is 0.262 e. The highest BCUT2D eigenvalue weighted by Crippen LogP contribution is 2.18. The first-order valence-corrected chi connectivity index (χ1v) is 11.5. The fraction of sp³-hybridized carbons (Fsp3) is 0.308. The van der Waals surface area contributed by atoms with E-state index in [0.717, 1.165) is 31.9 Å². The second-order valence-corrected chi connectivity index (χ2v) is 8.11. The molecule has 0 unspecified atom stereocenters. The van der Waals surface area contributed by atoms with E-state index in [4.69, 9.17) is 13.9 Å². The van der Waals surface area contributed by atoms with Gasteiger partial charge in [0.2, 0.25) is 11.2 Å². The van der Waals surface area contributed by atoms with Crippen molar-refractivity contribution >= 4 is 17.3 Å². The van der Waals surface area contributed by atoms with E-state index in [1.54, 1.807) is 36.4 Å². The normalized spacial score (nSPS) is 13.9. The Morgan fingerprint density at radius 1 is 1.03 bits per heavy atom. The molecule has 8 nitrogen and oxygen atoms in total. The molecule has 1 aliphatic heterocycles. The van der Waals surface area contributed by atoms with Gasteiger partial charge in [-0.2, -0.15) is 0 Å². The summed E-state index contributed by atoms with van der Waals surface area (Å²) < 4.78 is 29.4. The Morgan fingerprint density at radius 3 is 2.40 bits per heavy atom. The lowest BCUT2D eigenvalue weighted by atomic mass is 10.2. The van der Waals surface area contributed by atoms with Crippen LogP contribution in [0.25, 0.3) is 0 Å². The van der Waals surface area contributed by atoms with Crippen molar-refractivity contribution in [3.05, 3.63) is 82.7 Å². The molecule has 2 aromatic carbocycles. The van der Waals surface area contributed by atoms with Crippen LogP contribution in [0.4, 0.5) is 15.8 Å². The van der Waals surface area contributed by atoms with Crippen molar-refractivity contribution in [2.45, 2.75) is 13.5 Å². The average molecular weight is 482 g/mol. The maximum absolute atomic E-state index is 13.1. The standard InChI is InChI=1S/C26H28FN3O5/c1-2-33-22-9-5-20(6-10-22)28-26(32)18-35-25-17-34-23(15-24(25)31)16-29-11-13-30(14-12-29)21-7-3-19(27)4-8-21/h3-10,15,17H,2,11-14,16,18H2,1H3,(H,28,32). The molecule has 1 aromatic heterocycles. The molecule has 9 heteroatoms. The van der Waals surface area contributed by atoms with Crippen LogP contribution in [0.3, 0.4) is 0 Å². The number of amides is 1. The van der Waals surface area contributed by atoms with Crippen molar-refractivity contribution in [1.29, 1.82) is 0 Å². The van der Waals surface area contributed by atoms with Crippen molar-refractivity contribution in [2.24, 2.45) is 0 Å². The van der Waals surface area contributed by atoms with Crippen molar-refractivity contribution in [3.63, 3.8) is 0 Å². The van der Waals surface area contributed by atoms with Crippen molar-refractivity contribution in [1.82, 2.24) is 4.90 Å². The summed E-state index contributed by atoms with van der Waals surface area (Å²) in [7, 11) is 0. The third-order valence-electron chi connectivity index (χ3n) is 5.60. The molecule has 2 heterocycles. The molecule has 0 saturated carbocycles. The van der Waals surface area contributed by atoms with Crippen LogP contribution in [0, 0.1) is 5.82 Å². The van der Waals surface area contributed by atoms with Crippen LogP contribution in [0.15, 0.2) is 70.1 Å². The van der Waals surface area contributed by atoms with Crippen LogP contribution in [-0.2, 0) is 11.3 Å². The van der Waals surface area contributed by atoms with E-state index in [0.29, 0.717) is 30.3 Å². The van der Waals surface area contributed by atoms with Gasteiger partial charge in [-0.3, -0.25) is 14.5 Å². The van der Waals surface area contributed by atoms with Gasteiger partial charge in [-0.1, -0.05) is 0 Å². The number of nitrogens with one attached hydrogen (secondary N) is 1. The topological polar surface area (TPSA) is 84.2 Å². The van der Waals surface area contributed by atoms with Gasteiger partial charge in [0.25, 0.3) is 5.91 Å². The first-order valence-electron chi connectivity index (χ1n) is 11.5. The second kappa shape index (κ2) is 11.5. The fourth-order valence-electron chi connectivity index (χ4n) is 3.80. The number of halogens is 1. The van der Waals surface area contributed by atoms with E-state index in [9.17, 15) is 14.0 Å². The summed E-state index contributed by atoms with van der Waals surface area (Å²) >= 11 is 0. The summed E-state index contributed by atoms with van der Waals surface area (Å²) in [6, 6.07) is 14.9. The molecule has 0 atom stereocenters. The monoisotopic (exact) mass is 481 g/mol. The lowest BCUT2D eigenvalue weighted by Gasteiger charge is -2.35. The highest BCUT2D eigenvalue weighted by Gasteiger charge is 2.19. The SMILES string of the molecule is CCOc1ccc(NC(=O)COc2coc(CN3CCN(c4ccc(F)cc4)CC3)cc2=O)cc1. The fourth-order valence-corrected chi connectivity index (χ4v) is 3.80. The van der Waals surface area contributed by atoms with Gasteiger partial charge in [-0.15, -0.1) is 0 Å². The second-order valence-electron chi connectivity index (χ2n) is 8.11. The first kappa shape index (κ1) is 24.3. The van der Waals surface area contributed by atoms with Gasteiger partial charge in [0.15, 0.2) is 6.61 Å². The van der Waals surface area contributed by atoms with E-state index in [1.165, 1.54) is 24.5 Å². The van der Waals surface area contributed by atoms with Gasteiger partial charge in [0.05, 0.1) is 13.2 Å². The smallest absolute Gasteiger partial charge is 0.262 e. The molecule has 1 amide bonds. The predicted octanol–water partition coefficient (Wildman–Crippen LogP) is 3.52. The Bertz CT molecular complexity index is 1170. The summed E-state index contributed by atoms with van der Waals surface area (Å²) in [6.07, 6.45) is 1.25. The predicted molar refractivity (Wildman–Crippen MR) is 131 cm³/mol. The average Bonchev–Trinajstić information content (AvgIpc) is 2.86. The zero-order chi connectivity index (χ0) is 24.6. The molecule has 0 spiro atoms. The molecule has 1 aliphatic rings. The van der Waals surface area contributed by atoms with Crippen molar-refractivity contribution in [3.8, 4) is 11.5 Å². The molecule has 0 aliphatic carbocycles. The van der Waals surface area contributed by atoms with E-state index in [-0.39, 0.29) is 23.6 Å². The van der Waals surface area contributed by atoms with Crippen LogP contribution < -0.4 is 25.1 Å². The largest absolute Gasteiger partial charge is 0.494 e. The van der Waals surface area contributed by atoms with Crippen LogP contribution in [0.2, 0.25) is 0 Å². The molecular formula is C26H28FN3O5. The zero-order valence-electron chi connectivity index (χ0n) is 19.5. The Labute approximate surface area is 202 Å². The maximum atomic E-state index is 13.1. The van der Waals surface area contributed by atoms with Gasteiger partial charge in [-0.25, -0.2) is 4.39 Å². The molecule has 184 valence electrons. The van der Waals surface area contributed by atoms with Crippen LogP contribution in [0.5, 0.6) is 11.5 Å². The van der Waals surface area contributed by atoms with Gasteiger partial charge < -0.3 is 24.1 Å². The van der Waals surface area contributed by atoms with Gasteiger partial charge in [-0.05, 0) is 55.5 Å². The molecule has 4 rings (SSSR count). The number of ether oxygens (including phenoxy) is 2. The Hall–Kier alpha value is -3.85. The van der Waals surface area contributed by atoms with Crippen LogP contribution in [0.1, 0.15) is 12.7 Å². The van der Waals surface area contributed by atoms with E-state index < -0.39 is 5.91 Å².